The highest BCUT2D eigenvalue weighted by Crippen LogP contribution is 2.14. The van der Waals surface area contributed by atoms with E-state index >= 15 is 0 Å². The monoisotopic (exact) mass is 146 g/mol. The second kappa shape index (κ2) is 3.91. The molecule has 0 aromatic heterocycles. The normalized spacial score (nSPS) is 26.4. The van der Waals surface area contributed by atoms with Crippen molar-refractivity contribution < 1.29 is 14.6 Å². The molecular weight excluding hydrogens is 132 g/mol. The highest BCUT2D eigenvalue weighted by atomic mass is 16.6. The van der Waals surface area contributed by atoms with E-state index in [2.05, 4.69) is 0 Å². The average Bonchev–Trinajstić information content (AvgIpc) is 2.62. The van der Waals surface area contributed by atoms with Crippen molar-refractivity contribution in [2.75, 3.05) is 13.2 Å². The minimum atomic E-state index is -0.625. The van der Waals surface area contributed by atoms with Crippen molar-refractivity contribution in [3.8, 4) is 0 Å². The van der Waals surface area contributed by atoms with Crippen LogP contribution in [0, 0.1) is 0 Å². The number of aliphatic hydroxyl groups excluding tert-OH is 1. The summed E-state index contributed by atoms with van der Waals surface area (Å²) in [5.41, 5.74) is 0. The summed E-state index contributed by atoms with van der Waals surface area (Å²) in [4.78, 5) is 0. The van der Waals surface area contributed by atoms with Crippen LogP contribution in [0.4, 0.5) is 0 Å². The molecule has 0 aromatic carbocycles. The predicted octanol–water partition coefficient (Wildman–Crippen LogP) is 0.520. The first kappa shape index (κ1) is 7.98. The van der Waals surface area contributed by atoms with Crippen LogP contribution in [0.2, 0.25) is 0 Å². The SMILES string of the molecule is CC(O)OCCCC1CO1. The fraction of sp³-hybridized carbons (Fsp3) is 1.00. The van der Waals surface area contributed by atoms with E-state index < -0.39 is 6.29 Å². The number of rotatable bonds is 5. The van der Waals surface area contributed by atoms with Crippen molar-refractivity contribution >= 4 is 0 Å². The molecule has 2 atom stereocenters. The minimum absolute atomic E-state index is 0.484. The van der Waals surface area contributed by atoms with E-state index in [1.807, 2.05) is 0 Å². The third kappa shape index (κ3) is 3.82. The number of ether oxygens (including phenoxy) is 2. The maximum Gasteiger partial charge on any atom is 0.151 e. The lowest BCUT2D eigenvalue weighted by molar-refractivity contribution is -0.0860. The molecule has 0 aromatic rings. The van der Waals surface area contributed by atoms with Gasteiger partial charge in [-0.1, -0.05) is 0 Å². The van der Waals surface area contributed by atoms with Crippen LogP contribution in [0.1, 0.15) is 19.8 Å². The van der Waals surface area contributed by atoms with Crippen LogP contribution in [0.25, 0.3) is 0 Å². The molecule has 0 bridgehead atoms. The summed E-state index contributed by atoms with van der Waals surface area (Å²) >= 11 is 0. The van der Waals surface area contributed by atoms with Crippen molar-refractivity contribution in [3.63, 3.8) is 0 Å². The fourth-order valence-corrected chi connectivity index (χ4v) is 0.800. The Kier molecular flexibility index (Phi) is 3.12. The van der Waals surface area contributed by atoms with Gasteiger partial charge in [-0.05, 0) is 19.8 Å². The number of hydrogen-bond donors (Lipinski definition) is 1. The highest BCUT2D eigenvalue weighted by molar-refractivity contribution is 4.67. The largest absolute Gasteiger partial charge is 0.373 e. The van der Waals surface area contributed by atoms with Crippen LogP contribution < -0.4 is 0 Å². The number of hydrogen-bond acceptors (Lipinski definition) is 3. The standard InChI is InChI=1S/C7H14O3/c1-6(8)9-4-2-3-7-5-10-7/h6-8H,2-5H2,1H3. The summed E-state index contributed by atoms with van der Waals surface area (Å²) in [5, 5.41) is 8.68. The van der Waals surface area contributed by atoms with Crippen molar-refractivity contribution in [2.45, 2.75) is 32.2 Å². The molecule has 1 aliphatic heterocycles. The molecule has 60 valence electrons. The minimum Gasteiger partial charge on any atom is -0.373 e. The Morgan fingerprint density at radius 2 is 2.50 bits per heavy atom. The topological polar surface area (TPSA) is 42.0 Å². The summed E-state index contributed by atoms with van der Waals surface area (Å²) in [5.74, 6) is 0. The molecule has 10 heavy (non-hydrogen) atoms. The summed E-state index contributed by atoms with van der Waals surface area (Å²) in [6, 6.07) is 0. The average molecular weight is 146 g/mol. The van der Waals surface area contributed by atoms with E-state index in [1.54, 1.807) is 6.92 Å². The molecule has 0 saturated carbocycles. The zero-order valence-electron chi connectivity index (χ0n) is 6.25. The first-order chi connectivity index (χ1) is 4.79. The summed E-state index contributed by atoms with van der Waals surface area (Å²) in [6.07, 6.45) is 1.90. The first-order valence-corrected chi connectivity index (χ1v) is 3.70. The fourth-order valence-electron chi connectivity index (χ4n) is 0.800. The van der Waals surface area contributed by atoms with Crippen molar-refractivity contribution in [1.29, 1.82) is 0 Å². The molecule has 2 unspecified atom stereocenters. The Morgan fingerprint density at radius 1 is 1.80 bits per heavy atom. The van der Waals surface area contributed by atoms with Crippen molar-refractivity contribution in [1.82, 2.24) is 0 Å². The van der Waals surface area contributed by atoms with Crippen LogP contribution in [0.5, 0.6) is 0 Å². The van der Waals surface area contributed by atoms with Gasteiger partial charge in [0.05, 0.1) is 12.7 Å². The van der Waals surface area contributed by atoms with Gasteiger partial charge in [0.2, 0.25) is 0 Å². The Bertz CT molecular complexity index is 84.9. The molecule has 1 aliphatic rings. The smallest absolute Gasteiger partial charge is 0.151 e. The van der Waals surface area contributed by atoms with E-state index in [1.165, 1.54) is 0 Å². The van der Waals surface area contributed by atoms with Gasteiger partial charge in [-0.3, -0.25) is 0 Å². The van der Waals surface area contributed by atoms with Gasteiger partial charge in [0.1, 0.15) is 0 Å². The van der Waals surface area contributed by atoms with Gasteiger partial charge in [0.15, 0.2) is 6.29 Å². The molecule has 3 nitrogen and oxygen atoms in total. The predicted molar refractivity (Wildman–Crippen MR) is 36.6 cm³/mol. The zero-order chi connectivity index (χ0) is 7.40. The Balaban J connectivity index is 1.76. The molecule has 0 amide bonds. The molecule has 0 aliphatic carbocycles. The van der Waals surface area contributed by atoms with Crippen molar-refractivity contribution in [2.24, 2.45) is 0 Å². The van der Waals surface area contributed by atoms with Crippen LogP contribution in [0.3, 0.4) is 0 Å². The highest BCUT2D eigenvalue weighted by Gasteiger charge is 2.21. The second-order valence-corrected chi connectivity index (χ2v) is 2.57. The lowest BCUT2D eigenvalue weighted by Crippen LogP contribution is -2.07. The van der Waals surface area contributed by atoms with E-state index in [0.717, 1.165) is 19.4 Å². The third-order valence-electron chi connectivity index (χ3n) is 1.43. The van der Waals surface area contributed by atoms with Gasteiger partial charge in [0, 0.05) is 6.61 Å². The first-order valence-electron chi connectivity index (χ1n) is 3.70. The summed E-state index contributed by atoms with van der Waals surface area (Å²) < 4.78 is 9.92. The number of epoxide rings is 1. The van der Waals surface area contributed by atoms with E-state index in [-0.39, 0.29) is 0 Å². The molecule has 1 fully saturated rings. The number of aliphatic hydroxyl groups is 1. The molecule has 1 rings (SSSR count). The lowest BCUT2D eigenvalue weighted by atomic mass is 10.3. The van der Waals surface area contributed by atoms with Crippen molar-refractivity contribution in [3.05, 3.63) is 0 Å². The van der Waals surface area contributed by atoms with Crippen LogP contribution in [-0.2, 0) is 9.47 Å². The molecule has 0 radical (unpaired) electrons. The summed E-state index contributed by atoms with van der Waals surface area (Å²) in [7, 11) is 0. The van der Waals surface area contributed by atoms with Gasteiger partial charge >= 0.3 is 0 Å². The van der Waals surface area contributed by atoms with E-state index in [4.69, 9.17) is 14.6 Å². The van der Waals surface area contributed by atoms with Crippen LogP contribution in [-0.4, -0.2) is 30.7 Å². The Morgan fingerprint density at radius 3 is 3.00 bits per heavy atom. The third-order valence-corrected chi connectivity index (χ3v) is 1.43. The van der Waals surface area contributed by atoms with Gasteiger partial charge in [-0.25, -0.2) is 0 Å². The maximum atomic E-state index is 8.68. The molecule has 0 spiro atoms. The van der Waals surface area contributed by atoms with Gasteiger partial charge in [-0.15, -0.1) is 0 Å². The summed E-state index contributed by atoms with van der Waals surface area (Å²) in [6.45, 7) is 3.17. The van der Waals surface area contributed by atoms with Gasteiger partial charge < -0.3 is 14.6 Å². The van der Waals surface area contributed by atoms with E-state index in [9.17, 15) is 0 Å². The Labute approximate surface area is 60.9 Å². The van der Waals surface area contributed by atoms with E-state index in [0.29, 0.717) is 12.7 Å². The zero-order valence-corrected chi connectivity index (χ0v) is 6.25. The van der Waals surface area contributed by atoms with Crippen LogP contribution >= 0.6 is 0 Å². The molecular formula is C7H14O3. The quantitative estimate of drug-likeness (QED) is 0.349. The lowest BCUT2D eigenvalue weighted by Gasteiger charge is -2.04. The molecule has 1 N–H and O–H groups in total. The molecule has 1 heterocycles. The Hall–Kier alpha value is -0.120. The van der Waals surface area contributed by atoms with Gasteiger partial charge in [-0.2, -0.15) is 0 Å². The molecule has 3 heteroatoms. The van der Waals surface area contributed by atoms with Crippen LogP contribution in [0.15, 0.2) is 0 Å². The van der Waals surface area contributed by atoms with Gasteiger partial charge in [0.25, 0.3) is 0 Å². The second-order valence-electron chi connectivity index (χ2n) is 2.57. The maximum absolute atomic E-state index is 8.68. The molecule has 1 saturated heterocycles.